The van der Waals surface area contributed by atoms with E-state index in [0.717, 1.165) is 43.8 Å². The van der Waals surface area contributed by atoms with E-state index in [1.54, 1.807) is 11.8 Å². The molecule has 1 fully saturated rings. The van der Waals surface area contributed by atoms with E-state index in [1.807, 2.05) is 0 Å². The smallest absolute Gasteiger partial charge is 0.161 e. The lowest BCUT2D eigenvalue weighted by molar-refractivity contribution is -0.0819. The Balaban J connectivity index is 1.86. The van der Waals surface area contributed by atoms with Crippen LogP contribution in [0.3, 0.4) is 0 Å². The van der Waals surface area contributed by atoms with E-state index >= 15 is 0 Å². The molecular formula is C14H26N2O2S. The topological polar surface area (TPSA) is 45.1 Å². The Labute approximate surface area is 120 Å². The van der Waals surface area contributed by atoms with Crippen LogP contribution in [0.25, 0.3) is 0 Å². The van der Waals surface area contributed by atoms with Gasteiger partial charge in [-0.1, -0.05) is 31.5 Å². The van der Waals surface area contributed by atoms with Crippen LogP contribution in [0, 0.1) is 0 Å². The van der Waals surface area contributed by atoms with Crippen molar-refractivity contribution in [2.45, 2.75) is 69.6 Å². The molecule has 110 valence electrons. The SMILES string of the molecule is CCCC[C@H](O)[C@H]1CC[C@H]2N=C(N(C)CC)S[C@H]2O1. The average Bonchev–Trinajstić information content (AvgIpc) is 2.86. The van der Waals surface area contributed by atoms with Crippen molar-refractivity contribution in [3.05, 3.63) is 0 Å². The number of rotatable bonds is 5. The summed E-state index contributed by atoms with van der Waals surface area (Å²) in [6.07, 6.45) is 4.70. The Morgan fingerprint density at radius 3 is 2.95 bits per heavy atom. The van der Waals surface area contributed by atoms with Crippen LogP contribution in [0.2, 0.25) is 0 Å². The number of aliphatic hydroxyl groups excluding tert-OH is 1. The van der Waals surface area contributed by atoms with Gasteiger partial charge in [-0.2, -0.15) is 0 Å². The van der Waals surface area contributed by atoms with Crippen molar-refractivity contribution >= 4 is 16.9 Å². The number of ether oxygens (including phenoxy) is 1. The van der Waals surface area contributed by atoms with Crippen molar-refractivity contribution in [1.29, 1.82) is 0 Å². The Hall–Kier alpha value is -0.260. The summed E-state index contributed by atoms with van der Waals surface area (Å²) in [5.74, 6) is 0. The highest BCUT2D eigenvalue weighted by Gasteiger charge is 2.39. The number of unbranched alkanes of at least 4 members (excludes halogenated alkanes) is 1. The number of aliphatic imine (C=N–C) groups is 1. The molecule has 19 heavy (non-hydrogen) atoms. The minimum Gasteiger partial charge on any atom is -0.390 e. The highest BCUT2D eigenvalue weighted by Crippen LogP contribution is 2.37. The monoisotopic (exact) mass is 286 g/mol. The van der Waals surface area contributed by atoms with Gasteiger partial charge in [0.25, 0.3) is 0 Å². The van der Waals surface area contributed by atoms with Crippen molar-refractivity contribution in [3.63, 3.8) is 0 Å². The van der Waals surface area contributed by atoms with Gasteiger partial charge in [-0.15, -0.1) is 0 Å². The van der Waals surface area contributed by atoms with Gasteiger partial charge < -0.3 is 14.7 Å². The molecule has 0 aromatic carbocycles. The molecule has 0 aromatic rings. The van der Waals surface area contributed by atoms with Gasteiger partial charge in [0.15, 0.2) is 5.17 Å². The molecule has 0 unspecified atom stereocenters. The first-order chi connectivity index (χ1) is 9.15. The molecule has 2 aliphatic rings. The summed E-state index contributed by atoms with van der Waals surface area (Å²) in [7, 11) is 2.07. The van der Waals surface area contributed by atoms with E-state index in [0.29, 0.717) is 0 Å². The number of amidine groups is 1. The summed E-state index contributed by atoms with van der Waals surface area (Å²) in [5, 5.41) is 11.2. The zero-order chi connectivity index (χ0) is 13.8. The molecule has 0 spiro atoms. The number of hydrogen-bond acceptors (Lipinski definition) is 5. The van der Waals surface area contributed by atoms with Gasteiger partial charge in [0.1, 0.15) is 5.44 Å². The van der Waals surface area contributed by atoms with Gasteiger partial charge in [-0.3, -0.25) is 4.99 Å². The molecule has 1 saturated heterocycles. The van der Waals surface area contributed by atoms with Crippen LogP contribution in [0.1, 0.15) is 46.0 Å². The second-order valence-corrected chi connectivity index (χ2v) is 6.51. The standard InChI is InChI=1S/C14H26N2O2S/c1-4-6-7-11(17)12-9-8-10-13(18-12)19-14(15-10)16(3)5-2/h10-13,17H,4-9H2,1-3H3/t10-,11+,12-,13-/m1/s1. The van der Waals surface area contributed by atoms with Gasteiger partial charge in [0, 0.05) is 13.6 Å². The minimum absolute atomic E-state index is 0.00165. The summed E-state index contributed by atoms with van der Waals surface area (Å²) in [6.45, 7) is 5.25. The van der Waals surface area contributed by atoms with E-state index in [2.05, 4.69) is 25.8 Å². The number of fused-ring (bicyclic) bond motifs is 1. The third-order valence-corrected chi connectivity index (χ3v) is 5.24. The van der Waals surface area contributed by atoms with E-state index in [4.69, 9.17) is 9.73 Å². The predicted octanol–water partition coefficient (Wildman–Crippen LogP) is 2.47. The molecule has 2 aliphatic heterocycles. The molecule has 0 aromatic heterocycles. The first kappa shape index (κ1) is 15.1. The lowest BCUT2D eigenvalue weighted by Gasteiger charge is -2.33. The van der Waals surface area contributed by atoms with Gasteiger partial charge in [0.05, 0.1) is 18.2 Å². The Kier molecular flexibility index (Phi) is 5.54. The largest absolute Gasteiger partial charge is 0.390 e. The summed E-state index contributed by atoms with van der Waals surface area (Å²) in [5.41, 5.74) is 0.110. The van der Waals surface area contributed by atoms with Gasteiger partial charge in [-0.05, 0) is 26.2 Å². The lowest BCUT2D eigenvalue weighted by Crippen LogP contribution is -2.40. The molecular weight excluding hydrogens is 260 g/mol. The zero-order valence-electron chi connectivity index (χ0n) is 12.2. The van der Waals surface area contributed by atoms with E-state index in [-0.39, 0.29) is 23.7 Å². The quantitative estimate of drug-likeness (QED) is 0.843. The summed E-state index contributed by atoms with van der Waals surface area (Å²) < 4.78 is 6.07. The van der Waals surface area contributed by atoms with Gasteiger partial charge in [0.2, 0.25) is 0 Å². The van der Waals surface area contributed by atoms with Crippen LogP contribution in [-0.2, 0) is 4.74 Å². The third kappa shape index (κ3) is 3.64. The molecule has 0 amide bonds. The summed E-state index contributed by atoms with van der Waals surface area (Å²) in [6, 6.07) is 0.281. The Bertz CT molecular complexity index is 325. The predicted molar refractivity (Wildman–Crippen MR) is 80.5 cm³/mol. The van der Waals surface area contributed by atoms with Gasteiger partial charge in [-0.25, -0.2) is 0 Å². The number of hydrogen-bond donors (Lipinski definition) is 1. The first-order valence-corrected chi connectivity index (χ1v) is 8.32. The normalized spacial score (nSPS) is 31.8. The van der Waals surface area contributed by atoms with Crippen LogP contribution >= 0.6 is 11.8 Å². The average molecular weight is 286 g/mol. The molecule has 0 bridgehead atoms. The maximum atomic E-state index is 10.2. The molecule has 0 aliphatic carbocycles. The number of aliphatic hydroxyl groups is 1. The fourth-order valence-corrected chi connectivity index (χ4v) is 3.78. The Morgan fingerprint density at radius 2 is 2.26 bits per heavy atom. The minimum atomic E-state index is -0.311. The summed E-state index contributed by atoms with van der Waals surface area (Å²) >= 11 is 1.71. The van der Waals surface area contributed by atoms with Crippen LogP contribution in [0.4, 0.5) is 0 Å². The fraction of sp³-hybridized carbons (Fsp3) is 0.929. The highest BCUT2D eigenvalue weighted by molar-refractivity contribution is 8.14. The van der Waals surface area contributed by atoms with E-state index in [1.165, 1.54) is 0 Å². The zero-order valence-corrected chi connectivity index (χ0v) is 13.0. The van der Waals surface area contributed by atoms with Crippen molar-refractivity contribution in [2.24, 2.45) is 4.99 Å². The molecule has 0 saturated carbocycles. The summed E-state index contributed by atoms with van der Waals surface area (Å²) in [4.78, 5) is 6.90. The molecule has 0 radical (unpaired) electrons. The molecule has 2 rings (SSSR count). The van der Waals surface area contributed by atoms with Crippen LogP contribution in [-0.4, -0.2) is 52.5 Å². The molecule has 4 nitrogen and oxygen atoms in total. The second-order valence-electron chi connectivity index (χ2n) is 5.44. The van der Waals surface area contributed by atoms with Crippen LogP contribution in [0.15, 0.2) is 4.99 Å². The highest BCUT2D eigenvalue weighted by atomic mass is 32.2. The van der Waals surface area contributed by atoms with Crippen molar-refractivity contribution in [1.82, 2.24) is 4.90 Å². The molecule has 4 atom stereocenters. The van der Waals surface area contributed by atoms with Crippen molar-refractivity contribution < 1.29 is 9.84 Å². The number of nitrogens with zero attached hydrogens (tertiary/aromatic N) is 2. The van der Waals surface area contributed by atoms with Gasteiger partial charge >= 0.3 is 0 Å². The van der Waals surface area contributed by atoms with E-state index in [9.17, 15) is 5.11 Å². The number of thioether (sulfide) groups is 1. The molecule has 5 heteroatoms. The maximum Gasteiger partial charge on any atom is 0.161 e. The van der Waals surface area contributed by atoms with Crippen molar-refractivity contribution in [2.75, 3.05) is 13.6 Å². The van der Waals surface area contributed by atoms with Crippen LogP contribution in [0.5, 0.6) is 0 Å². The van der Waals surface area contributed by atoms with Crippen LogP contribution < -0.4 is 0 Å². The maximum absolute atomic E-state index is 10.2. The second kappa shape index (κ2) is 6.95. The fourth-order valence-electron chi connectivity index (χ4n) is 2.52. The lowest BCUT2D eigenvalue weighted by atomic mass is 9.98. The van der Waals surface area contributed by atoms with E-state index < -0.39 is 0 Å². The first-order valence-electron chi connectivity index (χ1n) is 7.44. The Morgan fingerprint density at radius 1 is 1.47 bits per heavy atom. The third-order valence-electron chi connectivity index (χ3n) is 3.95. The van der Waals surface area contributed by atoms with Crippen molar-refractivity contribution in [3.8, 4) is 0 Å². The molecule has 1 N–H and O–H groups in total. The molecule has 2 heterocycles.